The van der Waals surface area contributed by atoms with Crippen molar-refractivity contribution in [3.63, 3.8) is 0 Å². The molecule has 4 heteroatoms. The highest BCUT2D eigenvalue weighted by Crippen LogP contribution is 2.42. The molecule has 1 aliphatic heterocycles. The number of para-hydroxylation sites is 1. The van der Waals surface area contributed by atoms with E-state index in [4.69, 9.17) is 11.6 Å². The van der Waals surface area contributed by atoms with Gasteiger partial charge in [-0.25, -0.2) is 0 Å². The second-order valence-corrected chi connectivity index (χ2v) is 6.64. The van der Waals surface area contributed by atoms with E-state index in [9.17, 15) is 9.59 Å². The predicted octanol–water partition coefficient (Wildman–Crippen LogP) is 3.92. The summed E-state index contributed by atoms with van der Waals surface area (Å²) >= 11 is 5.73. The predicted molar refractivity (Wildman–Crippen MR) is 86.4 cm³/mol. The quantitative estimate of drug-likeness (QED) is 0.470. The molecule has 1 aromatic rings. The Morgan fingerprint density at radius 1 is 1.33 bits per heavy atom. The molecule has 0 unspecified atom stereocenters. The van der Waals surface area contributed by atoms with E-state index in [1.54, 1.807) is 11.8 Å². The van der Waals surface area contributed by atoms with E-state index >= 15 is 0 Å². The Bertz CT molecular complexity index is 566. The summed E-state index contributed by atoms with van der Waals surface area (Å²) in [6.07, 6.45) is 2.19. The highest BCUT2D eigenvalue weighted by atomic mass is 35.5. The van der Waals surface area contributed by atoms with Crippen LogP contribution in [0.25, 0.3) is 0 Å². The lowest BCUT2D eigenvalue weighted by Gasteiger charge is -2.39. The van der Waals surface area contributed by atoms with Crippen LogP contribution in [-0.2, 0) is 10.2 Å². The number of hydrogen-bond donors (Lipinski definition) is 0. The molecule has 1 aliphatic rings. The summed E-state index contributed by atoms with van der Waals surface area (Å²) in [7, 11) is 0. The van der Waals surface area contributed by atoms with Crippen molar-refractivity contribution in [2.75, 3.05) is 17.3 Å². The third-order valence-electron chi connectivity index (χ3n) is 4.07. The number of hydrogen-bond acceptors (Lipinski definition) is 2. The molecular formula is C17H22ClNO2. The van der Waals surface area contributed by atoms with E-state index in [2.05, 4.69) is 13.8 Å². The highest BCUT2D eigenvalue weighted by molar-refractivity contribution is 6.17. The summed E-state index contributed by atoms with van der Waals surface area (Å²) in [5.74, 6) is 0.685. The minimum atomic E-state index is -0.235. The van der Waals surface area contributed by atoms with Crippen LogP contribution in [-0.4, -0.2) is 24.1 Å². The largest absolute Gasteiger partial charge is 0.311 e. The van der Waals surface area contributed by atoms with Gasteiger partial charge in [0.15, 0.2) is 5.78 Å². The number of unbranched alkanes of at least 4 members (excludes halogenated alkanes) is 1. The van der Waals surface area contributed by atoms with Crippen LogP contribution in [0.2, 0.25) is 0 Å². The van der Waals surface area contributed by atoms with E-state index in [0.29, 0.717) is 24.4 Å². The van der Waals surface area contributed by atoms with Crippen molar-refractivity contribution >= 4 is 29.0 Å². The number of fused-ring (bicyclic) bond motifs is 1. The summed E-state index contributed by atoms with van der Waals surface area (Å²) < 4.78 is 0. The topological polar surface area (TPSA) is 37.4 Å². The number of nitrogens with zero attached hydrogens (tertiary/aromatic N) is 1. The van der Waals surface area contributed by atoms with Gasteiger partial charge in [-0.2, -0.15) is 0 Å². The fraction of sp³-hybridized carbons (Fsp3) is 0.529. The number of Topliss-reactive ketones (excluding diaryl/α,β-unsaturated/α-hetero) is 1. The number of halogens is 1. The van der Waals surface area contributed by atoms with Crippen molar-refractivity contribution in [2.45, 2.75) is 45.4 Å². The molecular weight excluding hydrogens is 286 g/mol. The molecule has 0 fully saturated rings. The molecule has 2 rings (SSSR count). The molecule has 1 heterocycles. The molecule has 0 saturated carbocycles. The Morgan fingerprint density at radius 2 is 2.05 bits per heavy atom. The zero-order valence-electron chi connectivity index (χ0n) is 12.9. The van der Waals surface area contributed by atoms with Crippen LogP contribution in [0.4, 0.5) is 5.69 Å². The molecule has 0 spiro atoms. The lowest BCUT2D eigenvalue weighted by molar-refractivity contribution is -0.120. The highest BCUT2D eigenvalue weighted by Gasteiger charge is 2.38. The van der Waals surface area contributed by atoms with E-state index in [1.807, 2.05) is 18.2 Å². The second kappa shape index (κ2) is 6.18. The number of alkyl halides is 1. The maximum absolute atomic E-state index is 12.5. The number of carbonyl (C=O) groups excluding carboxylic acids is 2. The zero-order valence-corrected chi connectivity index (χ0v) is 13.7. The fourth-order valence-electron chi connectivity index (χ4n) is 2.96. The number of ketones is 1. The van der Waals surface area contributed by atoms with Gasteiger partial charge in [-0.1, -0.05) is 26.0 Å². The molecule has 0 saturated heterocycles. The normalized spacial score (nSPS) is 16.8. The molecule has 0 N–H and O–H groups in total. The Hall–Kier alpha value is -1.35. The van der Waals surface area contributed by atoms with E-state index in [1.165, 1.54) is 0 Å². The number of benzene rings is 1. The average molecular weight is 308 g/mol. The van der Waals surface area contributed by atoms with Gasteiger partial charge in [-0.05, 0) is 31.4 Å². The molecule has 0 atom stereocenters. The standard InChI is InChI=1S/C17H22ClNO2/c1-12(20)13-7-6-8-14-16(13)19(10-5-4-9-18)15(21)11-17(14,2)3/h6-8H,4-5,9-11H2,1-3H3. The maximum Gasteiger partial charge on any atom is 0.227 e. The lowest BCUT2D eigenvalue weighted by Crippen LogP contribution is -2.43. The van der Waals surface area contributed by atoms with Gasteiger partial charge >= 0.3 is 0 Å². The Labute approximate surface area is 131 Å². The second-order valence-electron chi connectivity index (χ2n) is 6.26. The number of anilines is 1. The molecule has 0 aliphatic carbocycles. The van der Waals surface area contributed by atoms with Crippen molar-refractivity contribution < 1.29 is 9.59 Å². The van der Waals surface area contributed by atoms with Gasteiger partial charge < -0.3 is 4.90 Å². The van der Waals surface area contributed by atoms with Crippen molar-refractivity contribution in [1.82, 2.24) is 0 Å². The summed E-state index contributed by atoms with van der Waals surface area (Å²) in [4.78, 5) is 26.3. The van der Waals surface area contributed by atoms with E-state index < -0.39 is 0 Å². The third-order valence-corrected chi connectivity index (χ3v) is 4.34. The minimum absolute atomic E-state index is 0.000284. The smallest absolute Gasteiger partial charge is 0.227 e. The molecule has 0 aromatic heterocycles. The van der Waals surface area contributed by atoms with Crippen LogP contribution in [0.3, 0.4) is 0 Å². The number of amides is 1. The molecule has 1 amide bonds. The van der Waals surface area contributed by atoms with E-state index in [0.717, 1.165) is 24.1 Å². The van der Waals surface area contributed by atoms with Gasteiger partial charge in [0.25, 0.3) is 0 Å². The zero-order chi connectivity index (χ0) is 15.6. The minimum Gasteiger partial charge on any atom is -0.311 e. The van der Waals surface area contributed by atoms with Crippen molar-refractivity contribution in [3.8, 4) is 0 Å². The summed E-state index contributed by atoms with van der Waals surface area (Å²) in [6.45, 7) is 6.30. The maximum atomic E-state index is 12.5. The molecule has 114 valence electrons. The molecule has 3 nitrogen and oxygen atoms in total. The lowest BCUT2D eigenvalue weighted by atomic mass is 9.76. The summed E-state index contributed by atoms with van der Waals surface area (Å²) in [5, 5.41) is 0. The number of carbonyl (C=O) groups is 2. The van der Waals surface area contributed by atoms with Crippen molar-refractivity contribution in [3.05, 3.63) is 29.3 Å². The Morgan fingerprint density at radius 3 is 2.67 bits per heavy atom. The first-order valence-corrected chi connectivity index (χ1v) is 7.92. The van der Waals surface area contributed by atoms with Crippen LogP contribution in [0, 0.1) is 0 Å². The molecule has 21 heavy (non-hydrogen) atoms. The van der Waals surface area contributed by atoms with Gasteiger partial charge in [0, 0.05) is 29.8 Å². The molecule has 0 radical (unpaired) electrons. The molecule has 0 bridgehead atoms. The van der Waals surface area contributed by atoms with Gasteiger partial charge in [0.05, 0.1) is 5.69 Å². The van der Waals surface area contributed by atoms with Crippen LogP contribution >= 0.6 is 11.6 Å². The monoisotopic (exact) mass is 307 g/mol. The number of rotatable bonds is 5. The third kappa shape index (κ3) is 3.13. The SMILES string of the molecule is CC(=O)c1cccc2c1N(CCCCCl)C(=O)CC2(C)C. The van der Waals surface area contributed by atoms with Crippen molar-refractivity contribution in [2.24, 2.45) is 0 Å². The first-order chi connectivity index (χ1) is 9.88. The Kier molecular flexibility index (Phi) is 4.72. The first-order valence-electron chi connectivity index (χ1n) is 7.39. The van der Waals surface area contributed by atoms with E-state index in [-0.39, 0.29) is 17.1 Å². The van der Waals surface area contributed by atoms with Crippen LogP contribution in [0.5, 0.6) is 0 Å². The Balaban J connectivity index is 2.51. The average Bonchev–Trinajstić information content (AvgIpc) is 2.41. The van der Waals surface area contributed by atoms with Crippen LogP contribution < -0.4 is 4.90 Å². The first kappa shape index (κ1) is 16.0. The summed E-state index contributed by atoms with van der Waals surface area (Å²) in [5.41, 5.74) is 2.29. The van der Waals surface area contributed by atoms with Gasteiger partial charge in [-0.15, -0.1) is 11.6 Å². The van der Waals surface area contributed by atoms with Crippen LogP contribution in [0.1, 0.15) is 56.0 Å². The summed E-state index contributed by atoms with van der Waals surface area (Å²) in [6, 6.07) is 5.75. The molecule has 1 aromatic carbocycles. The van der Waals surface area contributed by atoms with Crippen molar-refractivity contribution in [1.29, 1.82) is 0 Å². The van der Waals surface area contributed by atoms with Gasteiger partial charge in [-0.3, -0.25) is 9.59 Å². The van der Waals surface area contributed by atoms with Gasteiger partial charge in [0.1, 0.15) is 0 Å². The van der Waals surface area contributed by atoms with Gasteiger partial charge in [0.2, 0.25) is 5.91 Å². The van der Waals surface area contributed by atoms with Crippen LogP contribution in [0.15, 0.2) is 18.2 Å². The fourth-order valence-corrected chi connectivity index (χ4v) is 3.15.